The average Bonchev–Trinajstić information content (AvgIpc) is 2.48. The Hall–Kier alpha value is -1.80. The summed E-state index contributed by atoms with van der Waals surface area (Å²) in [5, 5.41) is 0. The molecule has 2 nitrogen and oxygen atoms in total. The Balaban J connectivity index is 1.78. The molecule has 0 N–H and O–H groups in total. The first-order valence-electron chi connectivity index (χ1n) is 7.33. The fourth-order valence-electron chi connectivity index (χ4n) is 2.75. The molecule has 2 heteroatoms. The lowest BCUT2D eigenvalue weighted by atomic mass is 10.0. The van der Waals surface area contributed by atoms with Crippen LogP contribution in [0.15, 0.2) is 48.5 Å². The van der Waals surface area contributed by atoms with Gasteiger partial charge in [0.2, 0.25) is 0 Å². The minimum absolute atomic E-state index is 1.13. The zero-order valence-corrected chi connectivity index (χ0v) is 12.3. The number of rotatable bonds is 2. The molecule has 1 aliphatic rings. The highest BCUT2D eigenvalue weighted by molar-refractivity contribution is 5.67. The van der Waals surface area contributed by atoms with E-state index in [1.165, 1.54) is 22.4 Å². The van der Waals surface area contributed by atoms with Gasteiger partial charge in [-0.25, -0.2) is 0 Å². The van der Waals surface area contributed by atoms with Gasteiger partial charge in [-0.15, -0.1) is 0 Å². The second-order valence-electron chi connectivity index (χ2n) is 5.71. The molecule has 2 aromatic rings. The van der Waals surface area contributed by atoms with E-state index < -0.39 is 0 Å². The molecule has 0 aromatic heterocycles. The zero-order chi connectivity index (χ0) is 13.9. The van der Waals surface area contributed by atoms with E-state index in [-0.39, 0.29) is 0 Å². The molecule has 0 bridgehead atoms. The smallest absolute Gasteiger partial charge is 0.0367 e. The van der Waals surface area contributed by atoms with Crippen LogP contribution >= 0.6 is 0 Å². The zero-order valence-electron chi connectivity index (χ0n) is 12.3. The molecule has 0 saturated carbocycles. The van der Waals surface area contributed by atoms with Crippen LogP contribution in [0.25, 0.3) is 11.1 Å². The largest absolute Gasteiger partial charge is 0.369 e. The topological polar surface area (TPSA) is 6.48 Å². The molecule has 2 aromatic carbocycles. The maximum atomic E-state index is 2.47. The van der Waals surface area contributed by atoms with Gasteiger partial charge in [-0.2, -0.15) is 0 Å². The molecule has 1 heterocycles. The number of hydrogen-bond acceptors (Lipinski definition) is 2. The van der Waals surface area contributed by atoms with Crippen LogP contribution in [-0.2, 0) is 0 Å². The molecule has 104 valence electrons. The maximum absolute atomic E-state index is 2.47. The van der Waals surface area contributed by atoms with E-state index in [0.29, 0.717) is 0 Å². The van der Waals surface area contributed by atoms with Gasteiger partial charge in [-0.1, -0.05) is 42.0 Å². The molecule has 0 unspecified atom stereocenters. The van der Waals surface area contributed by atoms with Gasteiger partial charge in [0.1, 0.15) is 0 Å². The van der Waals surface area contributed by atoms with Gasteiger partial charge in [-0.3, -0.25) is 0 Å². The predicted octanol–water partition coefficient (Wildman–Crippen LogP) is 3.41. The lowest BCUT2D eigenvalue weighted by Crippen LogP contribution is -2.44. The minimum Gasteiger partial charge on any atom is -0.369 e. The van der Waals surface area contributed by atoms with Crippen LogP contribution in [0, 0.1) is 6.92 Å². The number of benzene rings is 2. The third-order valence-electron chi connectivity index (χ3n) is 4.09. The van der Waals surface area contributed by atoms with Crippen LogP contribution in [0.1, 0.15) is 5.56 Å². The molecule has 20 heavy (non-hydrogen) atoms. The summed E-state index contributed by atoms with van der Waals surface area (Å²) in [6, 6.07) is 17.7. The van der Waals surface area contributed by atoms with Crippen LogP contribution in [0.2, 0.25) is 0 Å². The summed E-state index contributed by atoms with van der Waals surface area (Å²) in [6.45, 7) is 6.70. The fourth-order valence-corrected chi connectivity index (χ4v) is 2.75. The number of hydrogen-bond donors (Lipinski definition) is 0. The molecular weight excluding hydrogens is 244 g/mol. The van der Waals surface area contributed by atoms with E-state index in [1.807, 2.05) is 0 Å². The summed E-state index contributed by atoms with van der Waals surface area (Å²) in [5.74, 6) is 0. The third-order valence-corrected chi connectivity index (χ3v) is 4.09. The number of likely N-dealkylation sites (N-methyl/N-ethyl adjacent to an activating group) is 1. The van der Waals surface area contributed by atoms with Crippen molar-refractivity contribution in [2.75, 3.05) is 38.1 Å². The Morgan fingerprint density at radius 1 is 0.800 bits per heavy atom. The normalized spacial score (nSPS) is 16.4. The Kier molecular flexibility index (Phi) is 3.75. The van der Waals surface area contributed by atoms with E-state index in [0.717, 1.165) is 26.2 Å². The highest BCUT2D eigenvalue weighted by Crippen LogP contribution is 2.24. The fraction of sp³-hybridized carbons (Fsp3) is 0.333. The lowest BCUT2D eigenvalue weighted by Gasteiger charge is -2.34. The van der Waals surface area contributed by atoms with Crippen molar-refractivity contribution in [2.24, 2.45) is 0 Å². The van der Waals surface area contributed by atoms with Gasteiger partial charge in [0.05, 0.1) is 0 Å². The van der Waals surface area contributed by atoms with Gasteiger partial charge < -0.3 is 9.80 Å². The number of nitrogens with zero attached hydrogens (tertiary/aromatic N) is 2. The molecule has 0 radical (unpaired) electrons. The van der Waals surface area contributed by atoms with Crippen molar-refractivity contribution < 1.29 is 0 Å². The van der Waals surface area contributed by atoms with Crippen molar-refractivity contribution in [1.29, 1.82) is 0 Å². The SMILES string of the molecule is Cc1cccc(-c2ccc(N3CCN(C)CC3)cc2)c1. The summed E-state index contributed by atoms with van der Waals surface area (Å²) in [7, 11) is 2.19. The van der Waals surface area contributed by atoms with E-state index in [1.54, 1.807) is 0 Å². The summed E-state index contributed by atoms with van der Waals surface area (Å²) < 4.78 is 0. The van der Waals surface area contributed by atoms with Crippen molar-refractivity contribution in [3.8, 4) is 11.1 Å². The molecule has 0 aliphatic carbocycles. The first-order chi connectivity index (χ1) is 9.72. The van der Waals surface area contributed by atoms with Crippen LogP contribution in [0.4, 0.5) is 5.69 Å². The monoisotopic (exact) mass is 266 g/mol. The van der Waals surface area contributed by atoms with E-state index in [4.69, 9.17) is 0 Å². The molecule has 3 rings (SSSR count). The molecule has 0 atom stereocenters. The van der Waals surface area contributed by atoms with Crippen molar-refractivity contribution in [1.82, 2.24) is 4.90 Å². The van der Waals surface area contributed by atoms with Crippen molar-refractivity contribution in [2.45, 2.75) is 6.92 Å². The Bertz CT molecular complexity index is 566. The highest BCUT2D eigenvalue weighted by Gasteiger charge is 2.13. The van der Waals surface area contributed by atoms with Gasteiger partial charge in [0.15, 0.2) is 0 Å². The molecule has 1 aliphatic heterocycles. The van der Waals surface area contributed by atoms with Gasteiger partial charge in [0.25, 0.3) is 0 Å². The van der Waals surface area contributed by atoms with Crippen molar-refractivity contribution >= 4 is 5.69 Å². The molecule has 1 fully saturated rings. The third kappa shape index (κ3) is 2.86. The van der Waals surface area contributed by atoms with Gasteiger partial charge in [0, 0.05) is 31.9 Å². The van der Waals surface area contributed by atoms with Crippen molar-refractivity contribution in [3.05, 3.63) is 54.1 Å². The number of anilines is 1. The van der Waals surface area contributed by atoms with Crippen LogP contribution in [0.3, 0.4) is 0 Å². The second kappa shape index (κ2) is 5.68. The van der Waals surface area contributed by atoms with Crippen LogP contribution in [0.5, 0.6) is 0 Å². The van der Waals surface area contributed by atoms with Crippen molar-refractivity contribution in [3.63, 3.8) is 0 Å². The van der Waals surface area contributed by atoms with E-state index in [9.17, 15) is 0 Å². The first-order valence-corrected chi connectivity index (χ1v) is 7.33. The van der Waals surface area contributed by atoms with Gasteiger partial charge >= 0.3 is 0 Å². The minimum atomic E-state index is 1.13. The summed E-state index contributed by atoms with van der Waals surface area (Å²) in [4.78, 5) is 4.86. The summed E-state index contributed by atoms with van der Waals surface area (Å²) in [5.41, 5.74) is 5.25. The quantitative estimate of drug-likeness (QED) is 0.822. The molecule has 0 amide bonds. The Labute approximate surface area is 121 Å². The van der Waals surface area contributed by atoms with E-state index in [2.05, 4.69) is 72.3 Å². The first kappa shape index (κ1) is 13.2. The van der Waals surface area contributed by atoms with Crippen LogP contribution < -0.4 is 4.90 Å². The Morgan fingerprint density at radius 2 is 1.50 bits per heavy atom. The van der Waals surface area contributed by atoms with Gasteiger partial charge in [-0.05, 0) is 37.2 Å². The summed E-state index contributed by atoms with van der Waals surface area (Å²) in [6.07, 6.45) is 0. The number of piperazine rings is 1. The standard InChI is InChI=1S/C18H22N2/c1-15-4-3-5-17(14-15)16-6-8-18(9-7-16)20-12-10-19(2)11-13-20/h3-9,14H,10-13H2,1-2H3. The lowest BCUT2D eigenvalue weighted by molar-refractivity contribution is 0.313. The highest BCUT2D eigenvalue weighted by atomic mass is 15.2. The Morgan fingerprint density at radius 3 is 2.15 bits per heavy atom. The average molecular weight is 266 g/mol. The summed E-state index contributed by atoms with van der Waals surface area (Å²) >= 11 is 0. The van der Waals surface area contributed by atoms with Crippen LogP contribution in [-0.4, -0.2) is 38.1 Å². The molecule has 1 saturated heterocycles. The second-order valence-corrected chi connectivity index (χ2v) is 5.71. The molecule has 0 spiro atoms. The van der Waals surface area contributed by atoms with E-state index >= 15 is 0 Å². The number of aryl methyl sites for hydroxylation is 1. The predicted molar refractivity (Wildman–Crippen MR) is 86.3 cm³/mol. The maximum Gasteiger partial charge on any atom is 0.0367 e. The molecular formula is C18H22N2.